The number of carbonyl (C=O) groups is 2. The summed E-state index contributed by atoms with van der Waals surface area (Å²) in [5.74, 6) is -1.21. The maximum atomic E-state index is 13.4. The molecule has 1 aliphatic heterocycles. The first-order valence-corrected chi connectivity index (χ1v) is 6.32. The highest BCUT2D eigenvalue weighted by Gasteiger charge is 2.32. The fraction of sp³-hybridized carbons (Fsp3) is 0.357. The van der Waals surface area contributed by atoms with Crippen molar-refractivity contribution in [3.8, 4) is 6.07 Å². The van der Waals surface area contributed by atoms with E-state index in [1.54, 1.807) is 0 Å². The van der Waals surface area contributed by atoms with E-state index < -0.39 is 11.9 Å². The molecule has 1 aromatic rings. The van der Waals surface area contributed by atoms with Crippen LogP contribution in [0.4, 0.5) is 4.39 Å². The van der Waals surface area contributed by atoms with E-state index in [1.807, 2.05) is 13.0 Å². The molecule has 0 aromatic heterocycles. The minimum Gasteiger partial charge on any atom is -0.297 e. The molecule has 0 aliphatic carbocycles. The molecular formula is C14H14FN3O2. The Hall–Kier alpha value is -2.26. The molecule has 0 spiro atoms. The number of halogens is 1. The largest absolute Gasteiger partial charge is 0.297 e. The number of nitrogens with one attached hydrogen (secondary N) is 1. The Morgan fingerprint density at radius 2 is 2.20 bits per heavy atom. The van der Waals surface area contributed by atoms with Crippen LogP contribution in [0.15, 0.2) is 18.2 Å². The van der Waals surface area contributed by atoms with Gasteiger partial charge in [0.1, 0.15) is 5.82 Å². The predicted octanol–water partition coefficient (Wildman–Crippen LogP) is 0.934. The molecule has 2 rings (SSSR count). The third kappa shape index (κ3) is 2.83. The van der Waals surface area contributed by atoms with Gasteiger partial charge in [0.05, 0.1) is 30.8 Å². The van der Waals surface area contributed by atoms with Gasteiger partial charge in [-0.2, -0.15) is 5.26 Å². The summed E-state index contributed by atoms with van der Waals surface area (Å²) in [5, 5.41) is 11.7. The average molecular weight is 275 g/mol. The van der Waals surface area contributed by atoms with Gasteiger partial charge in [0, 0.05) is 0 Å². The Bertz CT molecular complexity index is 595. The first kappa shape index (κ1) is 14.2. The van der Waals surface area contributed by atoms with E-state index >= 15 is 0 Å². The van der Waals surface area contributed by atoms with Gasteiger partial charge in [-0.3, -0.25) is 19.8 Å². The van der Waals surface area contributed by atoms with Gasteiger partial charge in [0.25, 0.3) is 0 Å². The standard InChI is InChI=1S/C14H14FN3O2/c1-2-12-14(20)18(13(19)7-17-12)8-10-3-9(6-16)4-11(15)5-10/h3-5,12,17H,2,7-8H2,1H3. The first-order chi connectivity index (χ1) is 9.55. The Morgan fingerprint density at radius 3 is 2.85 bits per heavy atom. The molecule has 2 amide bonds. The molecule has 1 aromatic carbocycles. The lowest BCUT2D eigenvalue weighted by Gasteiger charge is -2.31. The molecule has 1 unspecified atom stereocenters. The van der Waals surface area contributed by atoms with Crippen LogP contribution in [0.1, 0.15) is 24.5 Å². The zero-order chi connectivity index (χ0) is 14.7. The lowest BCUT2D eigenvalue weighted by atomic mass is 10.1. The van der Waals surface area contributed by atoms with Gasteiger partial charge < -0.3 is 0 Å². The van der Waals surface area contributed by atoms with Crippen molar-refractivity contribution >= 4 is 11.8 Å². The van der Waals surface area contributed by atoms with Crippen molar-refractivity contribution in [2.75, 3.05) is 6.54 Å². The molecule has 1 atom stereocenters. The van der Waals surface area contributed by atoms with Crippen LogP contribution in [-0.2, 0) is 16.1 Å². The fourth-order valence-electron chi connectivity index (χ4n) is 2.18. The van der Waals surface area contributed by atoms with Crippen molar-refractivity contribution in [1.82, 2.24) is 10.2 Å². The van der Waals surface area contributed by atoms with E-state index in [4.69, 9.17) is 5.26 Å². The summed E-state index contributed by atoms with van der Waals surface area (Å²) in [6, 6.07) is 5.27. The van der Waals surface area contributed by atoms with Crippen LogP contribution < -0.4 is 5.32 Å². The Labute approximate surface area is 116 Å². The van der Waals surface area contributed by atoms with Crippen molar-refractivity contribution in [3.63, 3.8) is 0 Å². The molecule has 1 aliphatic rings. The van der Waals surface area contributed by atoms with Crippen LogP contribution in [0.3, 0.4) is 0 Å². The molecule has 1 heterocycles. The maximum absolute atomic E-state index is 13.4. The van der Waals surface area contributed by atoms with Crippen molar-refractivity contribution in [2.24, 2.45) is 0 Å². The molecule has 1 saturated heterocycles. The van der Waals surface area contributed by atoms with E-state index in [9.17, 15) is 14.0 Å². The molecule has 1 fully saturated rings. The molecule has 1 N–H and O–H groups in total. The van der Waals surface area contributed by atoms with Crippen molar-refractivity contribution in [1.29, 1.82) is 5.26 Å². The van der Waals surface area contributed by atoms with Crippen molar-refractivity contribution in [2.45, 2.75) is 25.9 Å². The summed E-state index contributed by atoms with van der Waals surface area (Å²) in [6.45, 7) is 1.92. The quantitative estimate of drug-likeness (QED) is 0.833. The van der Waals surface area contributed by atoms with E-state index in [0.717, 1.165) is 11.0 Å². The minimum atomic E-state index is -0.555. The van der Waals surface area contributed by atoms with Gasteiger partial charge in [-0.15, -0.1) is 0 Å². The van der Waals surface area contributed by atoms with Gasteiger partial charge in [-0.25, -0.2) is 4.39 Å². The number of benzene rings is 1. The Balaban J connectivity index is 2.24. The van der Waals surface area contributed by atoms with Gasteiger partial charge in [-0.05, 0) is 30.2 Å². The van der Waals surface area contributed by atoms with E-state index in [1.165, 1.54) is 12.1 Å². The highest BCUT2D eigenvalue weighted by molar-refractivity contribution is 6.01. The van der Waals surface area contributed by atoms with Crippen LogP contribution >= 0.6 is 0 Å². The van der Waals surface area contributed by atoms with Gasteiger partial charge >= 0.3 is 0 Å². The Morgan fingerprint density at radius 1 is 1.45 bits per heavy atom. The third-order valence-corrected chi connectivity index (χ3v) is 3.20. The smallest absolute Gasteiger partial charge is 0.246 e. The topological polar surface area (TPSA) is 73.2 Å². The molecule has 6 heteroatoms. The number of hydrogen-bond donors (Lipinski definition) is 1. The normalized spacial score (nSPS) is 19.1. The molecule has 20 heavy (non-hydrogen) atoms. The monoisotopic (exact) mass is 275 g/mol. The highest BCUT2D eigenvalue weighted by atomic mass is 19.1. The predicted molar refractivity (Wildman–Crippen MR) is 68.8 cm³/mol. The summed E-state index contributed by atoms with van der Waals surface area (Å²) >= 11 is 0. The number of amides is 2. The number of carbonyl (C=O) groups excluding carboxylic acids is 2. The van der Waals surface area contributed by atoms with Crippen LogP contribution in [0.2, 0.25) is 0 Å². The molecule has 0 saturated carbocycles. The first-order valence-electron chi connectivity index (χ1n) is 6.32. The minimum absolute atomic E-state index is 0.0116. The number of piperazine rings is 1. The summed E-state index contributed by atoms with van der Waals surface area (Å²) in [5.41, 5.74) is 0.599. The number of nitrogens with zero attached hydrogens (tertiary/aromatic N) is 2. The summed E-state index contributed by atoms with van der Waals surface area (Å²) in [7, 11) is 0. The SMILES string of the molecule is CCC1NCC(=O)N(Cc2cc(F)cc(C#N)c2)C1=O. The molecular weight excluding hydrogens is 261 g/mol. The van der Waals surface area contributed by atoms with Crippen molar-refractivity contribution in [3.05, 3.63) is 35.1 Å². The van der Waals surface area contributed by atoms with Gasteiger partial charge in [0.15, 0.2) is 0 Å². The number of imide groups is 1. The van der Waals surface area contributed by atoms with Crippen LogP contribution in [0, 0.1) is 17.1 Å². The van der Waals surface area contributed by atoms with E-state index in [-0.39, 0.29) is 30.5 Å². The lowest BCUT2D eigenvalue weighted by molar-refractivity contribution is -0.150. The molecule has 0 bridgehead atoms. The summed E-state index contributed by atoms with van der Waals surface area (Å²) in [4.78, 5) is 25.0. The zero-order valence-corrected chi connectivity index (χ0v) is 11.0. The molecule has 104 valence electrons. The molecule has 0 radical (unpaired) electrons. The fourth-order valence-corrected chi connectivity index (χ4v) is 2.18. The maximum Gasteiger partial charge on any atom is 0.246 e. The second-order valence-corrected chi connectivity index (χ2v) is 4.62. The third-order valence-electron chi connectivity index (χ3n) is 3.20. The lowest BCUT2D eigenvalue weighted by Crippen LogP contribution is -2.57. The van der Waals surface area contributed by atoms with E-state index in [0.29, 0.717) is 12.0 Å². The molecule has 5 nitrogen and oxygen atoms in total. The summed E-state index contributed by atoms with van der Waals surface area (Å²) < 4.78 is 13.4. The summed E-state index contributed by atoms with van der Waals surface area (Å²) in [6.07, 6.45) is 0.579. The Kier molecular flexibility index (Phi) is 4.11. The van der Waals surface area contributed by atoms with Gasteiger partial charge in [0.2, 0.25) is 11.8 Å². The zero-order valence-electron chi connectivity index (χ0n) is 11.0. The van der Waals surface area contributed by atoms with Crippen LogP contribution in [0.5, 0.6) is 0 Å². The average Bonchev–Trinajstić information content (AvgIpc) is 2.43. The number of nitriles is 1. The highest BCUT2D eigenvalue weighted by Crippen LogP contribution is 2.14. The van der Waals surface area contributed by atoms with Crippen molar-refractivity contribution < 1.29 is 14.0 Å². The van der Waals surface area contributed by atoms with Crippen LogP contribution in [-0.4, -0.2) is 29.3 Å². The second-order valence-electron chi connectivity index (χ2n) is 4.62. The van der Waals surface area contributed by atoms with E-state index in [2.05, 4.69) is 5.32 Å². The van der Waals surface area contributed by atoms with Crippen LogP contribution in [0.25, 0.3) is 0 Å². The van der Waals surface area contributed by atoms with Gasteiger partial charge in [-0.1, -0.05) is 6.92 Å². The second kappa shape index (κ2) is 5.80. The number of hydrogen-bond acceptors (Lipinski definition) is 4. The number of rotatable bonds is 3.